The molecule has 0 rings (SSSR count). The van der Waals surface area contributed by atoms with Crippen LogP contribution >= 0.6 is 0 Å². The summed E-state index contributed by atoms with van der Waals surface area (Å²) in [4.78, 5) is 38.4. The first-order valence-corrected chi connectivity index (χ1v) is 37.1. The highest BCUT2D eigenvalue weighted by molar-refractivity contribution is 5.71. The molecule has 0 fully saturated rings. The van der Waals surface area contributed by atoms with Crippen LogP contribution in [0, 0.1) is 0 Å². The number of hydrogen-bond donors (Lipinski definition) is 0. The molecule has 0 bridgehead atoms. The molecule has 0 aromatic heterocycles. The van der Waals surface area contributed by atoms with Crippen molar-refractivity contribution in [3.05, 3.63) is 48.6 Å². The average molecular weight is 1160 g/mol. The fourth-order valence-electron chi connectivity index (χ4n) is 11.2. The van der Waals surface area contributed by atoms with Gasteiger partial charge in [-0.3, -0.25) is 14.4 Å². The molecule has 486 valence electrons. The maximum atomic E-state index is 12.9. The molecule has 0 saturated carbocycles. The van der Waals surface area contributed by atoms with E-state index in [1.54, 1.807) is 0 Å². The topological polar surface area (TPSA) is 78.9 Å². The summed E-state index contributed by atoms with van der Waals surface area (Å²) < 4.78 is 17.0. The van der Waals surface area contributed by atoms with Gasteiger partial charge in [-0.1, -0.05) is 333 Å². The lowest BCUT2D eigenvalue weighted by Crippen LogP contribution is -2.30. The van der Waals surface area contributed by atoms with E-state index in [4.69, 9.17) is 14.2 Å². The van der Waals surface area contributed by atoms with Crippen LogP contribution in [0.1, 0.15) is 406 Å². The van der Waals surface area contributed by atoms with E-state index < -0.39 is 6.10 Å². The number of rotatable bonds is 69. The molecule has 0 radical (unpaired) electrons. The van der Waals surface area contributed by atoms with E-state index in [-0.39, 0.29) is 31.1 Å². The Balaban J connectivity index is 4.14. The van der Waals surface area contributed by atoms with Crippen molar-refractivity contribution < 1.29 is 28.6 Å². The van der Waals surface area contributed by atoms with Crippen molar-refractivity contribution in [3.8, 4) is 0 Å². The van der Waals surface area contributed by atoms with Gasteiger partial charge in [-0.15, -0.1) is 0 Å². The Hall–Kier alpha value is -2.63. The molecule has 0 aliphatic heterocycles. The Morgan fingerprint density at radius 2 is 0.434 bits per heavy atom. The van der Waals surface area contributed by atoms with Gasteiger partial charge in [0.15, 0.2) is 6.10 Å². The van der Waals surface area contributed by atoms with Gasteiger partial charge < -0.3 is 14.2 Å². The highest BCUT2D eigenvalue weighted by Gasteiger charge is 2.19. The molecule has 0 aromatic carbocycles. The summed E-state index contributed by atoms with van der Waals surface area (Å²) >= 11 is 0. The molecule has 1 unspecified atom stereocenters. The number of unbranched alkanes of at least 4 members (excludes halogenated alkanes) is 50. The van der Waals surface area contributed by atoms with E-state index in [9.17, 15) is 14.4 Å². The number of carbonyl (C=O) groups is 3. The van der Waals surface area contributed by atoms with E-state index >= 15 is 0 Å². The van der Waals surface area contributed by atoms with Gasteiger partial charge in [0.1, 0.15) is 13.2 Å². The molecule has 6 nitrogen and oxygen atoms in total. The zero-order chi connectivity index (χ0) is 59.9. The van der Waals surface area contributed by atoms with Crippen molar-refractivity contribution >= 4 is 17.9 Å². The molecule has 0 N–H and O–H groups in total. The van der Waals surface area contributed by atoms with Gasteiger partial charge in [0.05, 0.1) is 0 Å². The molecular weight excluding hydrogens is 1020 g/mol. The van der Waals surface area contributed by atoms with Gasteiger partial charge in [0.25, 0.3) is 0 Å². The van der Waals surface area contributed by atoms with E-state index in [2.05, 4.69) is 69.4 Å². The number of ether oxygens (including phenoxy) is 3. The molecule has 0 aliphatic carbocycles. The van der Waals surface area contributed by atoms with Gasteiger partial charge in [-0.2, -0.15) is 0 Å². The van der Waals surface area contributed by atoms with E-state index in [0.717, 1.165) is 70.6 Å². The van der Waals surface area contributed by atoms with Gasteiger partial charge in [-0.05, 0) is 103 Å². The lowest BCUT2D eigenvalue weighted by Gasteiger charge is -2.18. The third kappa shape index (κ3) is 70.0. The first-order chi connectivity index (χ1) is 41.0. The normalized spacial score (nSPS) is 12.3. The Bertz CT molecular complexity index is 1430. The highest BCUT2D eigenvalue weighted by atomic mass is 16.6. The molecule has 1 atom stereocenters. The van der Waals surface area contributed by atoms with Crippen LogP contribution in [0.2, 0.25) is 0 Å². The summed E-state index contributed by atoms with van der Waals surface area (Å²) in [5.41, 5.74) is 0. The van der Waals surface area contributed by atoms with Crippen LogP contribution in [0.5, 0.6) is 0 Å². The predicted molar refractivity (Wildman–Crippen MR) is 362 cm³/mol. The fourth-order valence-corrected chi connectivity index (χ4v) is 11.2. The second-order valence-electron chi connectivity index (χ2n) is 25.2. The van der Waals surface area contributed by atoms with Crippen molar-refractivity contribution in [2.24, 2.45) is 0 Å². The molecule has 0 amide bonds. The SMILES string of the molecule is CCCCCCC/C=C\C/C=C\CCCCCCCCCCCCCCCCCCCCCCCC(=O)OCC(COC(=O)CCCCCCC/C=C\CCCCCCC)OC(=O)CCCCCCCCC/C=C\CCCCCCCCC. The molecule has 0 spiro atoms. The monoisotopic (exact) mass is 1160 g/mol. The predicted octanol–water partition coefficient (Wildman–Crippen LogP) is 25.7. The van der Waals surface area contributed by atoms with Crippen molar-refractivity contribution in [2.75, 3.05) is 13.2 Å². The number of carbonyl (C=O) groups excluding carboxylic acids is 3. The van der Waals surface area contributed by atoms with Crippen LogP contribution in [0.3, 0.4) is 0 Å². The molecular formula is C77H142O6. The van der Waals surface area contributed by atoms with E-state index in [1.165, 1.54) is 295 Å². The standard InChI is InChI=1S/C77H142O6/c1-4-7-10-13-16-19-22-25-28-30-32-33-34-35-36-37-38-39-40-41-42-43-44-45-46-48-49-52-55-58-61-64-67-70-76(79)82-73-74(72-81-75(78)69-66-63-60-57-54-51-27-24-21-18-15-12-9-6-3)83-77(80)71-68-65-62-59-56-53-50-47-31-29-26-23-20-17-14-11-8-5-2/h22,24-25,27,29-32,74H,4-21,23,26,28,33-73H2,1-3H3/b25-22-,27-24-,31-29-,32-30-. The number of hydrogen-bond acceptors (Lipinski definition) is 6. The lowest BCUT2D eigenvalue weighted by molar-refractivity contribution is -0.167. The Kier molecular flexibility index (Phi) is 69.6. The van der Waals surface area contributed by atoms with Crippen LogP contribution in [-0.2, 0) is 28.6 Å². The maximum Gasteiger partial charge on any atom is 0.306 e. The fraction of sp³-hybridized carbons (Fsp3) is 0.857. The van der Waals surface area contributed by atoms with Gasteiger partial charge >= 0.3 is 17.9 Å². The Morgan fingerprint density at radius 1 is 0.241 bits per heavy atom. The second-order valence-corrected chi connectivity index (χ2v) is 25.2. The summed E-state index contributed by atoms with van der Waals surface area (Å²) in [5.74, 6) is -0.859. The number of esters is 3. The van der Waals surface area contributed by atoms with Crippen LogP contribution < -0.4 is 0 Å². The Morgan fingerprint density at radius 3 is 0.675 bits per heavy atom. The van der Waals surface area contributed by atoms with E-state index in [1.807, 2.05) is 0 Å². The first kappa shape index (κ1) is 80.4. The minimum absolute atomic E-state index is 0.0727. The lowest BCUT2D eigenvalue weighted by atomic mass is 10.0. The average Bonchev–Trinajstić information content (AvgIpc) is 3.49. The van der Waals surface area contributed by atoms with Crippen molar-refractivity contribution in [2.45, 2.75) is 412 Å². The molecule has 0 heterocycles. The smallest absolute Gasteiger partial charge is 0.306 e. The van der Waals surface area contributed by atoms with Crippen molar-refractivity contribution in [1.82, 2.24) is 0 Å². The third-order valence-electron chi connectivity index (χ3n) is 16.8. The third-order valence-corrected chi connectivity index (χ3v) is 16.8. The van der Waals surface area contributed by atoms with Gasteiger partial charge in [0, 0.05) is 19.3 Å². The molecule has 0 aromatic rings. The van der Waals surface area contributed by atoms with Crippen LogP contribution in [0.4, 0.5) is 0 Å². The summed E-state index contributed by atoms with van der Waals surface area (Å²) in [6, 6.07) is 0. The molecule has 6 heteroatoms. The minimum Gasteiger partial charge on any atom is -0.462 e. The largest absolute Gasteiger partial charge is 0.462 e. The summed E-state index contributed by atoms with van der Waals surface area (Å²) in [5, 5.41) is 0. The van der Waals surface area contributed by atoms with Crippen LogP contribution in [0.15, 0.2) is 48.6 Å². The van der Waals surface area contributed by atoms with E-state index in [0.29, 0.717) is 19.3 Å². The Labute approximate surface area is 518 Å². The molecule has 0 aliphatic rings. The summed E-state index contributed by atoms with van der Waals surface area (Å²) in [6.07, 6.45) is 91.6. The number of allylic oxidation sites excluding steroid dienone is 8. The van der Waals surface area contributed by atoms with Gasteiger partial charge in [-0.25, -0.2) is 0 Å². The quantitative estimate of drug-likeness (QED) is 0.0261. The maximum absolute atomic E-state index is 12.9. The van der Waals surface area contributed by atoms with Crippen molar-refractivity contribution in [3.63, 3.8) is 0 Å². The minimum atomic E-state index is -0.778. The van der Waals surface area contributed by atoms with Gasteiger partial charge in [0.2, 0.25) is 0 Å². The molecule has 83 heavy (non-hydrogen) atoms. The zero-order valence-corrected chi connectivity index (χ0v) is 56.0. The summed E-state index contributed by atoms with van der Waals surface area (Å²) in [7, 11) is 0. The van der Waals surface area contributed by atoms with Crippen molar-refractivity contribution in [1.29, 1.82) is 0 Å². The first-order valence-electron chi connectivity index (χ1n) is 37.1. The molecule has 0 saturated heterocycles. The second kappa shape index (κ2) is 71.8. The highest BCUT2D eigenvalue weighted by Crippen LogP contribution is 2.18. The summed E-state index contributed by atoms with van der Waals surface area (Å²) in [6.45, 7) is 6.67. The zero-order valence-electron chi connectivity index (χ0n) is 56.0. The van der Waals surface area contributed by atoms with Crippen LogP contribution in [-0.4, -0.2) is 37.2 Å². The van der Waals surface area contributed by atoms with Crippen LogP contribution in [0.25, 0.3) is 0 Å².